The molecule has 0 saturated heterocycles. The molecule has 0 aromatic heterocycles. The van der Waals surface area contributed by atoms with Crippen LogP contribution in [-0.2, 0) is 33.0 Å². The van der Waals surface area contributed by atoms with Gasteiger partial charge < -0.3 is 9.47 Å². The lowest BCUT2D eigenvalue weighted by Gasteiger charge is -2.28. The molecule has 0 spiro atoms. The second kappa shape index (κ2) is 13.8. The third-order valence-electron chi connectivity index (χ3n) is 5.85. The average Bonchev–Trinajstić information content (AvgIpc) is 2.83. The highest BCUT2D eigenvalue weighted by atomic mass is 32.2. The standard InChI is InChI=1S/C27H39NO6S2/c1-6-7-8-27(17-18-35(29,30)21-22(2)3)36(31,32)28(19-23-9-13-25(33-4)14-10-23)20-24-11-15-26(34-5)16-12-24/h6,9-16,22,27H,1,7-8,17-21H2,2-5H3/t27-/m1/s1. The number of hydrogen-bond donors (Lipinski definition) is 0. The molecule has 9 heteroatoms. The quantitative estimate of drug-likeness (QED) is 0.285. The fourth-order valence-corrected chi connectivity index (χ4v) is 7.87. The molecule has 7 nitrogen and oxygen atoms in total. The molecule has 0 radical (unpaired) electrons. The summed E-state index contributed by atoms with van der Waals surface area (Å²) in [5.41, 5.74) is 1.62. The van der Waals surface area contributed by atoms with Gasteiger partial charge in [0.2, 0.25) is 10.0 Å². The predicted molar refractivity (Wildman–Crippen MR) is 145 cm³/mol. The minimum absolute atomic E-state index is 0.0140. The van der Waals surface area contributed by atoms with Crippen LogP contribution in [0, 0.1) is 5.92 Å². The Morgan fingerprint density at radius 2 is 1.31 bits per heavy atom. The van der Waals surface area contributed by atoms with E-state index >= 15 is 0 Å². The van der Waals surface area contributed by atoms with Gasteiger partial charge in [-0.15, -0.1) is 6.58 Å². The zero-order valence-electron chi connectivity index (χ0n) is 21.7. The van der Waals surface area contributed by atoms with E-state index in [9.17, 15) is 16.8 Å². The summed E-state index contributed by atoms with van der Waals surface area (Å²) in [5, 5.41) is -0.839. The largest absolute Gasteiger partial charge is 0.497 e. The topological polar surface area (TPSA) is 90.0 Å². The number of ether oxygens (including phenoxy) is 2. The molecule has 0 heterocycles. The van der Waals surface area contributed by atoms with Crippen LogP contribution >= 0.6 is 0 Å². The summed E-state index contributed by atoms with van der Waals surface area (Å²) in [7, 11) is -4.06. The first kappa shape index (κ1) is 29.9. The van der Waals surface area contributed by atoms with Crippen LogP contribution in [0.2, 0.25) is 0 Å². The minimum Gasteiger partial charge on any atom is -0.497 e. The van der Waals surface area contributed by atoms with E-state index < -0.39 is 25.1 Å². The maximum absolute atomic E-state index is 14.0. The minimum atomic E-state index is -3.86. The van der Waals surface area contributed by atoms with Crippen LogP contribution in [0.15, 0.2) is 61.2 Å². The Kier molecular flexibility index (Phi) is 11.5. The van der Waals surface area contributed by atoms with Crippen LogP contribution in [0.1, 0.15) is 44.2 Å². The molecular formula is C27H39NO6S2. The van der Waals surface area contributed by atoms with Crippen molar-refractivity contribution in [3.63, 3.8) is 0 Å². The van der Waals surface area contributed by atoms with Crippen molar-refractivity contribution in [2.24, 2.45) is 5.92 Å². The van der Waals surface area contributed by atoms with Crippen molar-refractivity contribution >= 4 is 19.9 Å². The maximum atomic E-state index is 14.0. The third-order valence-corrected chi connectivity index (χ3v) is 10.2. The van der Waals surface area contributed by atoms with E-state index in [0.717, 1.165) is 11.1 Å². The van der Waals surface area contributed by atoms with Crippen LogP contribution in [-0.4, -0.2) is 52.1 Å². The highest BCUT2D eigenvalue weighted by Gasteiger charge is 2.33. The van der Waals surface area contributed by atoms with Gasteiger partial charge in [-0.3, -0.25) is 0 Å². The first-order valence-corrected chi connectivity index (χ1v) is 15.4. The zero-order valence-corrected chi connectivity index (χ0v) is 23.4. The van der Waals surface area contributed by atoms with Crippen molar-refractivity contribution in [3.05, 3.63) is 72.3 Å². The number of sulfone groups is 1. The molecule has 0 fully saturated rings. The Labute approximate surface area is 217 Å². The van der Waals surface area contributed by atoms with Crippen molar-refractivity contribution in [1.29, 1.82) is 0 Å². The molecule has 0 amide bonds. The number of benzene rings is 2. The molecule has 0 aliphatic heterocycles. The van der Waals surface area contributed by atoms with Gasteiger partial charge in [0.05, 0.1) is 31.0 Å². The number of sulfonamides is 1. The Morgan fingerprint density at radius 1 is 0.833 bits per heavy atom. The van der Waals surface area contributed by atoms with E-state index in [1.165, 1.54) is 4.31 Å². The van der Waals surface area contributed by atoms with Crippen LogP contribution in [0.3, 0.4) is 0 Å². The summed E-state index contributed by atoms with van der Waals surface area (Å²) in [5.74, 6) is 1.23. The molecule has 200 valence electrons. The maximum Gasteiger partial charge on any atom is 0.217 e. The molecule has 36 heavy (non-hydrogen) atoms. The summed E-state index contributed by atoms with van der Waals surface area (Å²) in [6.07, 6.45) is 2.51. The molecule has 0 aliphatic rings. The van der Waals surface area contributed by atoms with Gasteiger partial charge in [0.15, 0.2) is 9.84 Å². The highest BCUT2D eigenvalue weighted by Crippen LogP contribution is 2.25. The van der Waals surface area contributed by atoms with Gasteiger partial charge in [0.1, 0.15) is 11.5 Å². The van der Waals surface area contributed by atoms with Gasteiger partial charge in [-0.05, 0) is 60.6 Å². The summed E-state index contributed by atoms with van der Waals surface area (Å²) in [6.45, 7) is 7.72. The van der Waals surface area contributed by atoms with E-state index in [0.29, 0.717) is 24.3 Å². The van der Waals surface area contributed by atoms with E-state index in [1.807, 2.05) is 38.1 Å². The number of allylic oxidation sites excluding steroid dienone is 1. The van der Waals surface area contributed by atoms with Gasteiger partial charge in [0, 0.05) is 13.1 Å². The van der Waals surface area contributed by atoms with E-state index in [-0.39, 0.29) is 36.9 Å². The number of methoxy groups -OCH3 is 2. The normalized spacial score (nSPS) is 13.1. The van der Waals surface area contributed by atoms with E-state index in [1.54, 1.807) is 44.6 Å². The second-order valence-electron chi connectivity index (χ2n) is 9.29. The van der Waals surface area contributed by atoms with Crippen LogP contribution in [0.4, 0.5) is 0 Å². The second-order valence-corrected chi connectivity index (χ2v) is 13.7. The smallest absolute Gasteiger partial charge is 0.217 e. The van der Waals surface area contributed by atoms with Crippen molar-refractivity contribution in [1.82, 2.24) is 4.31 Å². The van der Waals surface area contributed by atoms with Crippen molar-refractivity contribution in [2.75, 3.05) is 25.7 Å². The molecule has 0 aliphatic carbocycles. The predicted octanol–water partition coefficient (Wildman–Crippen LogP) is 4.83. The lowest BCUT2D eigenvalue weighted by molar-refractivity contribution is 0.388. The number of rotatable bonds is 16. The molecule has 0 saturated carbocycles. The Hall–Kier alpha value is -2.36. The molecule has 2 aromatic rings. The van der Waals surface area contributed by atoms with Gasteiger partial charge in [-0.25, -0.2) is 16.8 Å². The van der Waals surface area contributed by atoms with Gasteiger partial charge in [-0.1, -0.05) is 44.2 Å². The fraction of sp³-hybridized carbons (Fsp3) is 0.481. The third kappa shape index (κ3) is 9.26. The molecule has 0 unspecified atom stereocenters. The summed E-state index contributed by atoms with van der Waals surface area (Å²) < 4.78 is 65.0. The Morgan fingerprint density at radius 3 is 1.69 bits per heavy atom. The summed E-state index contributed by atoms with van der Waals surface area (Å²) in [4.78, 5) is 0. The zero-order chi connectivity index (χ0) is 26.8. The van der Waals surface area contributed by atoms with Crippen molar-refractivity contribution in [3.8, 4) is 11.5 Å². The first-order valence-electron chi connectivity index (χ1n) is 12.1. The van der Waals surface area contributed by atoms with Gasteiger partial charge in [-0.2, -0.15) is 4.31 Å². The molecule has 2 rings (SSSR count). The molecule has 0 bridgehead atoms. The van der Waals surface area contributed by atoms with Gasteiger partial charge in [0.25, 0.3) is 0 Å². The molecular weight excluding hydrogens is 498 g/mol. The fourth-order valence-electron chi connectivity index (χ4n) is 3.96. The van der Waals surface area contributed by atoms with Crippen molar-refractivity contribution < 1.29 is 26.3 Å². The molecule has 2 aromatic carbocycles. The summed E-state index contributed by atoms with van der Waals surface area (Å²) in [6, 6.07) is 14.5. The van der Waals surface area contributed by atoms with Crippen LogP contribution in [0.25, 0.3) is 0 Å². The summed E-state index contributed by atoms with van der Waals surface area (Å²) >= 11 is 0. The van der Waals surface area contributed by atoms with E-state index in [4.69, 9.17) is 9.47 Å². The van der Waals surface area contributed by atoms with Gasteiger partial charge >= 0.3 is 0 Å². The van der Waals surface area contributed by atoms with Crippen LogP contribution < -0.4 is 9.47 Å². The molecule has 0 N–H and O–H groups in total. The monoisotopic (exact) mass is 537 g/mol. The lowest BCUT2D eigenvalue weighted by atomic mass is 10.2. The Balaban J connectivity index is 2.38. The number of nitrogens with zero attached hydrogens (tertiary/aromatic N) is 1. The highest BCUT2D eigenvalue weighted by molar-refractivity contribution is 7.91. The average molecular weight is 538 g/mol. The molecule has 1 atom stereocenters. The lowest BCUT2D eigenvalue weighted by Crippen LogP contribution is -2.39. The van der Waals surface area contributed by atoms with E-state index in [2.05, 4.69) is 6.58 Å². The first-order chi connectivity index (χ1) is 17.0. The Bertz CT molecular complexity index is 1110. The number of hydrogen-bond acceptors (Lipinski definition) is 6. The van der Waals surface area contributed by atoms with Crippen molar-refractivity contribution in [2.45, 2.75) is 51.4 Å². The SMILES string of the molecule is C=CCC[C@H](CCS(=O)(=O)CC(C)C)S(=O)(=O)N(Cc1ccc(OC)cc1)Cc1ccc(OC)cc1. The van der Waals surface area contributed by atoms with Crippen LogP contribution in [0.5, 0.6) is 11.5 Å².